The SMILES string of the molecule is C=CC1(CC(C=NC)=CN)CC(C)=C(Nc2ccc(C)cc2)C=C1CCNS. The molecule has 0 aromatic heterocycles. The predicted molar refractivity (Wildman–Crippen MR) is 126 cm³/mol. The molecule has 0 bridgehead atoms. The maximum atomic E-state index is 5.86. The molecular weight excluding hydrogens is 364 g/mol. The highest BCUT2D eigenvalue weighted by Crippen LogP contribution is 2.46. The number of allylic oxidation sites excluding steroid dienone is 4. The van der Waals surface area contributed by atoms with Crippen molar-refractivity contribution >= 4 is 24.7 Å². The van der Waals surface area contributed by atoms with Gasteiger partial charge in [-0.25, -0.2) is 0 Å². The number of aliphatic imine (C=N–C) groups is 1. The van der Waals surface area contributed by atoms with Crippen molar-refractivity contribution in [2.45, 2.75) is 33.1 Å². The highest BCUT2D eigenvalue weighted by Gasteiger charge is 2.35. The van der Waals surface area contributed by atoms with Gasteiger partial charge in [-0.1, -0.05) is 42.2 Å². The van der Waals surface area contributed by atoms with Crippen molar-refractivity contribution in [1.29, 1.82) is 0 Å². The summed E-state index contributed by atoms with van der Waals surface area (Å²) in [6.07, 6.45) is 10.4. The normalized spacial score (nSPS) is 20.4. The number of hydrogen-bond acceptors (Lipinski definition) is 5. The largest absolute Gasteiger partial charge is 0.404 e. The molecule has 4 N–H and O–H groups in total. The van der Waals surface area contributed by atoms with E-state index in [-0.39, 0.29) is 5.41 Å². The molecule has 1 aromatic carbocycles. The Morgan fingerprint density at radius 2 is 2.04 bits per heavy atom. The average molecular weight is 397 g/mol. The molecule has 0 saturated heterocycles. The van der Waals surface area contributed by atoms with E-state index in [0.29, 0.717) is 0 Å². The Hall–Kier alpha value is -2.24. The number of anilines is 1. The van der Waals surface area contributed by atoms with Crippen molar-refractivity contribution in [2.75, 3.05) is 18.9 Å². The Labute approximate surface area is 174 Å². The van der Waals surface area contributed by atoms with Crippen LogP contribution in [0, 0.1) is 12.3 Å². The van der Waals surface area contributed by atoms with Crippen LogP contribution >= 0.6 is 12.8 Å². The van der Waals surface area contributed by atoms with Crippen molar-refractivity contribution < 1.29 is 0 Å². The van der Waals surface area contributed by atoms with E-state index in [1.807, 2.05) is 6.21 Å². The van der Waals surface area contributed by atoms with E-state index in [1.54, 1.807) is 13.2 Å². The monoisotopic (exact) mass is 396 g/mol. The number of nitrogens with two attached hydrogens (primary N) is 1. The molecular formula is C23H32N4S. The first-order valence-corrected chi connectivity index (χ1v) is 10.0. The van der Waals surface area contributed by atoms with Gasteiger partial charge < -0.3 is 11.1 Å². The third kappa shape index (κ3) is 5.40. The lowest BCUT2D eigenvalue weighted by atomic mass is 9.67. The summed E-state index contributed by atoms with van der Waals surface area (Å²) in [6, 6.07) is 8.46. The summed E-state index contributed by atoms with van der Waals surface area (Å²) in [5.74, 6) is 0. The van der Waals surface area contributed by atoms with E-state index in [4.69, 9.17) is 5.73 Å². The molecule has 0 fully saturated rings. The van der Waals surface area contributed by atoms with E-state index < -0.39 is 0 Å². The Morgan fingerprint density at radius 1 is 1.32 bits per heavy atom. The lowest BCUT2D eigenvalue weighted by molar-refractivity contribution is 0.431. The van der Waals surface area contributed by atoms with E-state index in [2.05, 4.69) is 84.7 Å². The lowest BCUT2D eigenvalue weighted by Gasteiger charge is -2.38. The number of hydrogen-bond donors (Lipinski definition) is 4. The van der Waals surface area contributed by atoms with E-state index in [1.165, 1.54) is 16.7 Å². The number of nitrogens with one attached hydrogen (secondary N) is 2. The summed E-state index contributed by atoms with van der Waals surface area (Å²) in [4.78, 5) is 4.15. The van der Waals surface area contributed by atoms with Gasteiger partial charge in [0, 0.05) is 36.6 Å². The summed E-state index contributed by atoms with van der Waals surface area (Å²) >= 11 is 4.17. The first kappa shape index (κ1) is 22.1. The molecule has 1 unspecified atom stereocenters. The van der Waals surface area contributed by atoms with Gasteiger partial charge in [-0.3, -0.25) is 9.71 Å². The standard InChI is InChI=1S/C23H32N4S/c1-5-23(14-19(15-24)16-25-4)13-18(3)22(12-20(23)10-11-26-28)27-21-8-6-17(2)7-9-21/h5-9,12,15-16,26-28H,1,10-11,13-14,24H2,2-4H3. The van der Waals surface area contributed by atoms with Crippen LogP contribution in [0.3, 0.4) is 0 Å². The molecule has 0 spiro atoms. The molecule has 0 amide bonds. The first-order valence-electron chi connectivity index (χ1n) is 9.56. The van der Waals surface area contributed by atoms with Gasteiger partial charge >= 0.3 is 0 Å². The number of nitrogens with zero attached hydrogens (tertiary/aromatic N) is 1. The van der Waals surface area contributed by atoms with Gasteiger partial charge in [0.25, 0.3) is 0 Å². The van der Waals surface area contributed by atoms with Gasteiger partial charge in [-0.05, 0) is 68.7 Å². The van der Waals surface area contributed by atoms with Crippen LogP contribution in [0.2, 0.25) is 0 Å². The van der Waals surface area contributed by atoms with Crippen LogP contribution in [0.25, 0.3) is 0 Å². The van der Waals surface area contributed by atoms with Crippen molar-refractivity contribution in [3.8, 4) is 0 Å². The lowest BCUT2D eigenvalue weighted by Crippen LogP contribution is -2.28. The zero-order valence-electron chi connectivity index (χ0n) is 17.1. The van der Waals surface area contributed by atoms with Gasteiger partial charge in [0.15, 0.2) is 0 Å². The molecule has 1 aliphatic carbocycles. The zero-order valence-corrected chi connectivity index (χ0v) is 18.0. The Balaban J connectivity index is 2.38. The smallest absolute Gasteiger partial charge is 0.0384 e. The predicted octanol–water partition coefficient (Wildman–Crippen LogP) is 4.94. The third-order valence-electron chi connectivity index (χ3n) is 5.25. The van der Waals surface area contributed by atoms with E-state index in [0.717, 1.165) is 42.8 Å². The second-order valence-electron chi connectivity index (χ2n) is 7.36. The number of rotatable bonds is 9. The van der Waals surface area contributed by atoms with Gasteiger partial charge in [-0.15, -0.1) is 6.58 Å². The van der Waals surface area contributed by atoms with Crippen molar-refractivity contribution in [2.24, 2.45) is 16.1 Å². The number of thiol groups is 1. The average Bonchev–Trinajstić information content (AvgIpc) is 2.70. The minimum atomic E-state index is -0.181. The first-order chi connectivity index (χ1) is 13.5. The van der Waals surface area contributed by atoms with Crippen LogP contribution in [-0.2, 0) is 0 Å². The van der Waals surface area contributed by atoms with Crippen molar-refractivity contribution in [3.63, 3.8) is 0 Å². The minimum absolute atomic E-state index is 0.181. The Bertz CT molecular complexity index is 802. The van der Waals surface area contributed by atoms with Crippen molar-refractivity contribution in [3.05, 3.63) is 77.2 Å². The van der Waals surface area contributed by atoms with Crippen LogP contribution in [0.5, 0.6) is 0 Å². The second-order valence-corrected chi connectivity index (χ2v) is 7.67. The number of benzene rings is 1. The highest BCUT2D eigenvalue weighted by molar-refractivity contribution is 7.78. The topological polar surface area (TPSA) is 62.4 Å². The van der Waals surface area contributed by atoms with Gasteiger partial charge in [0.2, 0.25) is 0 Å². The fraction of sp³-hybridized carbons (Fsp3) is 0.348. The third-order valence-corrected chi connectivity index (χ3v) is 5.48. The molecule has 0 heterocycles. The molecule has 28 heavy (non-hydrogen) atoms. The molecule has 0 aliphatic heterocycles. The van der Waals surface area contributed by atoms with Crippen LogP contribution in [0.1, 0.15) is 31.7 Å². The molecule has 1 atom stereocenters. The molecule has 2 rings (SSSR count). The number of aryl methyl sites for hydroxylation is 1. The fourth-order valence-electron chi connectivity index (χ4n) is 3.70. The minimum Gasteiger partial charge on any atom is -0.404 e. The van der Waals surface area contributed by atoms with Crippen LogP contribution < -0.4 is 15.8 Å². The van der Waals surface area contributed by atoms with Gasteiger partial charge in [0.05, 0.1) is 0 Å². The zero-order chi connectivity index (χ0) is 20.6. The summed E-state index contributed by atoms with van der Waals surface area (Å²) in [6.45, 7) is 9.24. The molecule has 5 heteroatoms. The van der Waals surface area contributed by atoms with E-state index >= 15 is 0 Å². The van der Waals surface area contributed by atoms with Gasteiger partial charge in [0.1, 0.15) is 0 Å². The molecule has 0 radical (unpaired) electrons. The van der Waals surface area contributed by atoms with Crippen LogP contribution in [0.4, 0.5) is 5.69 Å². The fourth-order valence-corrected chi connectivity index (χ4v) is 3.81. The molecule has 1 aliphatic rings. The summed E-state index contributed by atoms with van der Waals surface area (Å²) in [7, 11) is 1.77. The molecule has 1 aromatic rings. The molecule has 4 nitrogen and oxygen atoms in total. The highest BCUT2D eigenvalue weighted by atomic mass is 32.1. The Morgan fingerprint density at radius 3 is 2.61 bits per heavy atom. The van der Waals surface area contributed by atoms with Crippen LogP contribution in [0.15, 0.2) is 76.6 Å². The summed E-state index contributed by atoms with van der Waals surface area (Å²) in [5, 5.41) is 3.58. The Kier molecular flexibility index (Phi) is 8.15. The van der Waals surface area contributed by atoms with Gasteiger partial charge in [-0.2, -0.15) is 0 Å². The molecule has 150 valence electrons. The quantitative estimate of drug-likeness (QED) is 0.272. The maximum Gasteiger partial charge on any atom is 0.0384 e. The maximum absolute atomic E-state index is 5.86. The summed E-state index contributed by atoms with van der Waals surface area (Å²) in [5.41, 5.74) is 12.8. The van der Waals surface area contributed by atoms with Crippen molar-refractivity contribution in [1.82, 2.24) is 4.72 Å². The van der Waals surface area contributed by atoms with E-state index in [9.17, 15) is 0 Å². The summed E-state index contributed by atoms with van der Waals surface area (Å²) < 4.78 is 2.97. The second kappa shape index (κ2) is 10.3. The van der Waals surface area contributed by atoms with Crippen LogP contribution in [-0.4, -0.2) is 19.8 Å². The molecule has 0 saturated carbocycles.